The molecule has 3 rings (SSSR count). The predicted octanol–water partition coefficient (Wildman–Crippen LogP) is 1.33. The number of ether oxygens (including phenoxy) is 1. The first-order chi connectivity index (χ1) is 8.71. The third-order valence-corrected chi connectivity index (χ3v) is 5.43. The average molecular weight is 264 g/mol. The molecule has 0 unspecified atom stereocenters. The van der Waals surface area contributed by atoms with Crippen LogP contribution in [0, 0.1) is 11.3 Å². The Morgan fingerprint density at radius 3 is 2.84 bits per heavy atom. The molecule has 0 aromatic heterocycles. The van der Waals surface area contributed by atoms with E-state index in [-0.39, 0.29) is 30.1 Å². The van der Waals surface area contributed by atoms with Gasteiger partial charge in [0.1, 0.15) is 5.60 Å². The Hall–Kier alpha value is -0.970. The van der Waals surface area contributed by atoms with Crippen molar-refractivity contribution >= 4 is 5.78 Å². The van der Waals surface area contributed by atoms with Gasteiger partial charge in [0, 0.05) is 12.8 Å². The highest BCUT2D eigenvalue weighted by Crippen LogP contribution is 2.59. The third kappa shape index (κ3) is 1.48. The molecule has 2 fully saturated rings. The number of carbonyl (C=O) groups is 1. The Morgan fingerprint density at radius 1 is 1.47 bits per heavy atom. The van der Waals surface area contributed by atoms with E-state index in [2.05, 4.69) is 13.5 Å². The first-order valence-corrected chi connectivity index (χ1v) is 6.72. The molecular formula is C15H20O4. The summed E-state index contributed by atoms with van der Waals surface area (Å²) in [5, 5.41) is 21.4. The van der Waals surface area contributed by atoms with Gasteiger partial charge in [0.05, 0.1) is 6.61 Å². The van der Waals surface area contributed by atoms with E-state index in [1.807, 2.05) is 6.92 Å². The normalized spacial score (nSPS) is 49.7. The van der Waals surface area contributed by atoms with Crippen molar-refractivity contribution in [3.05, 3.63) is 23.8 Å². The molecule has 19 heavy (non-hydrogen) atoms. The minimum atomic E-state index is -1.63. The molecule has 1 aliphatic heterocycles. The predicted molar refractivity (Wildman–Crippen MR) is 69.2 cm³/mol. The highest BCUT2D eigenvalue weighted by Gasteiger charge is 2.65. The second-order valence-electron chi connectivity index (χ2n) is 6.55. The highest BCUT2D eigenvalue weighted by molar-refractivity contribution is 5.92. The van der Waals surface area contributed by atoms with Gasteiger partial charge in [-0.25, -0.2) is 0 Å². The molecule has 4 atom stereocenters. The van der Waals surface area contributed by atoms with Crippen molar-refractivity contribution < 1.29 is 19.7 Å². The summed E-state index contributed by atoms with van der Waals surface area (Å²) >= 11 is 0. The van der Waals surface area contributed by atoms with Gasteiger partial charge in [-0.1, -0.05) is 26.0 Å². The molecule has 0 spiro atoms. The summed E-state index contributed by atoms with van der Waals surface area (Å²) in [6, 6.07) is 0. The lowest BCUT2D eigenvalue weighted by molar-refractivity contribution is -0.270. The number of aliphatic hydroxyl groups is 2. The molecule has 0 bridgehead atoms. The summed E-state index contributed by atoms with van der Waals surface area (Å²) in [5.74, 6) is -1.40. The minimum Gasteiger partial charge on any atom is -0.380 e. The average Bonchev–Trinajstić information content (AvgIpc) is 2.51. The van der Waals surface area contributed by atoms with Crippen molar-refractivity contribution in [1.82, 2.24) is 0 Å². The summed E-state index contributed by atoms with van der Waals surface area (Å²) < 4.78 is 5.38. The molecule has 1 saturated heterocycles. The van der Waals surface area contributed by atoms with Gasteiger partial charge in [0.2, 0.25) is 5.79 Å². The van der Waals surface area contributed by atoms with Crippen LogP contribution in [-0.2, 0) is 9.53 Å². The maximum atomic E-state index is 11.7. The van der Waals surface area contributed by atoms with Crippen LogP contribution in [0.2, 0.25) is 0 Å². The van der Waals surface area contributed by atoms with Crippen LogP contribution >= 0.6 is 0 Å². The molecule has 1 saturated carbocycles. The van der Waals surface area contributed by atoms with E-state index in [0.717, 1.165) is 5.57 Å². The second kappa shape index (κ2) is 3.57. The number of fused-ring (bicyclic) bond motifs is 2. The fraction of sp³-hybridized carbons (Fsp3) is 0.667. The highest BCUT2D eigenvalue weighted by atomic mass is 16.6. The number of hydrogen-bond donors (Lipinski definition) is 2. The molecule has 4 nitrogen and oxygen atoms in total. The maximum absolute atomic E-state index is 11.7. The Kier molecular flexibility index (Phi) is 2.45. The van der Waals surface area contributed by atoms with E-state index in [1.54, 1.807) is 6.08 Å². The molecule has 1 heterocycles. The van der Waals surface area contributed by atoms with Gasteiger partial charge in [0.15, 0.2) is 5.78 Å². The maximum Gasteiger partial charge on any atom is 0.203 e. The number of hydrogen-bond acceptors (Lipinski definition) is 4. The van der Waals surface area contributed by atoms with E-state index >= 15 is 0 Å². The first kappa shape index (κ1) is 13.0. The largest absolute Gasteiger partial charge is 0.380 e. The molecule has 3 aliphatic rings. The van der Waals surface area contributed by atoms with Gasteiger partial charge in [-0.2, -0.15) is 0 Å². The van der Waals surface area contributed by atoms with Crippen molar-refractivity contribution in [2.24, 2.45) is 11.3 Å². The molecule has 2 aliphatic carbocycles. The quantitative estimate of drug-likeness (QED) is 0.648. The number of rotatable bonds is 0. The lowest BCUT2D eigenvalue weighted by Crippen LogP contribution is -2.60. The Balaban J connectivity index is 2.11. The Morgan fingerprint density at radius 2 is 2.16 bits per heavy atom. The standard InChI is InChI=1S/C15H20O4/c1-9-4-12(16)5-11-6-15(18)14(17,8-13(9,11)3)10(2)7-19-15/h5,9,17-18H,2,4,6-8H2,1,3H3/t9-,13+,14+,15-/m0/s1. The zero-order valence-electron chi connectivity index (χ0n) is 11.4. The van der Waals surface area contributed by atoms with Crippen LogP contribution < -0.4 is 0 Å². The summed E-state index contributed by atoms with van der Waals surface area (Å²) in [5.41, 5.74) is -0.281. The monoisotopic (exact) mass is 264 g/mol. The van der Waals surface area contributed by atoms with Crippen molar-refractivity contribution in [3.63, 3.8) is 0 Å². The van der Waals surface area contributed by atoms with E-state index in [4.69, 9.17) is 4.74 Å². The van der Waals surface area contributed by atoms with Crippen LogP contribution in [0.3, 0.4) is 0 Å². The van der Waals surface area contributed by atoms with E-state index in [1.165, 1.54) is 0 Å². The van der Waals surface area contributed by atoms with Gasteiger partial charge in [-0.15, -0.1) is 0 Å². The molecule has 0 aromatic carbocycles. The molecule has 104 valence electrons. The van der Waals surface area contributed by atoms with Gasteiger partial charge < -0.3 is 14.9 Å². The van der Waals surface area contributed by atoms with Gasteiger partial charge >= 0.3 is 0 Å². The fourth-order valence-electron chi connectivity index (χ4n) is 3.77. The number of allylic oxidation sites excluding steroid dienone is 1. The van der Waals surface area contributed by atoms with E-state index in [9.17, 15) is 15.0 Å². The van der Waals surface area contributed by atoms with Gasteiger partial charge in [-0.3, -0.25) is 4.79 Å². The molecule has 4 heteroatoms. The zero-order valence-corrected chi connectivity index (χ0v) is 11.4. The Labute approximate surface area is 112 Å². The molecule has 0 amide bonds. The Bertz CT molecular complexity index is 508. The lowest BCUT2D eigenvalue weighted by Gasteiger charge is -2.53. The van der Waals surface area contributed by atoms with E-state index in [0.29, 0.717) is 18.4 Å². The third-order valence-electron chi connectivity index (χ3n) is 5.43. The molecular weight excluding hydrogens is 244 g/mol. The van der Waals surface area contributed by atoms with E-state index < -0.39 is 11.4 Å². The topological polar surface area (TPSA) is 66.8 Å². The fourth-order valence-corrected chi connectivity index (χ4v) is 3.77. The summed E-state index contributed by atoms with van der Waals surface area (Å²) in [6.45, 7) is 8.09. The van der Waals surface area contributed by atoms with Crippen LogP contribution in [0.5, 0.6) is 0 Å². The van der Waals surface area contributed by atoms with Crippen LogP contribution in [-0.4, -0.2) is 34.0 Å². The molecule has 0 radical (unpaired) electrons. The minimum absolute atomic E-state index is 0.0887. The smallest absolute Gasteiger partial charge is 0.203 e. The summed E-state index contributed by atoms with van der Waals surface area (Å²) in [6.07, 6.45) is 2.65. The molecule has 2 N–H and O–H groups in total. The number of ketones is 1. The van der Waals surface area contributed by atoms with Crippen LogP contribution in [0.25, 0.3) is 0 Å². The van der Waals surface area contributed by atoms with Crippen molar-refractivity contribution in [3.8, 4) is 0 Å². The first-order valence-electron chi connectivity index (χ1n) is 6.72. The van der Waals surface area contributed by atoms with Crippen molar-refractivity contribution in [1.29, 1.82) is 0 Å². The summed E-state index contributed by atoms with van der Waals surface area (Å²) in [7, 11) is 0. The van der Waals surface area contributed by atoms with Crippen LogP contribution in [0.15, 0.2) is 23.8 Å². The van der Waals surface area contributed by atoms with Crippen molar-refractivity contribution in [2.75, 3.05) is 6.61 Å². The van der Waals surface area contributed by atoms with Crippen LogP contribution in [0.1, 0.15) is 33.1 Å². The summed E-state index contributed by atoms with van der Waals surface area (Å²) in [4.78, 5) is 11.7. The van der Waals surface area contributed by atoms with Gasteiger partial charge in [0.25, 0.3) is 0 Å². The van der Waals surface area contributed by atoms with Gasteiger partial charge in [-0.05, 0) is 29.4 Å². The second-order valence-corrected chi connectivity index (χ2v) is 6.55. The SMILES string of the molecule is C=C1CO[C@@]2(O)CC3=CC(=O)C[C@H](C)[C@@]3(C)C[C@@]12O. The lowest BCUT2D eigenvalue weighted by atomic mass is 9.55. The zero-order chi connectivity index (χ0) is 14.1. The van der Waals surface area contributed by atoms with Crippen LogP contribution in [0.4, 0.5) is 0 Å². The van der Waals surface area contributed by atoms with Crippen molar-refractivity contribution in [2.45, 2.75) is 44.5 Å². The molecule has 0 aromatic rings. The number of carbonyl (C=O) groups excluding carboxylic acids is 1.